The van der Waals surface area contributed by atoms with E-state index in [1.165, 1.54) is 30.3 Å². The van der Waals surface area contributed by atoms with E-state index in [4.69, 9.17) is 0 Å². The Hall–Kier alpha value is -5.26. The van der Waals surface area contributed by atoms with Gasteiger partial charge in [-0.25, -0.2) is 0 Å². The first-order valence-corrected chi connectivity index (χ1v) is 15.3. The molecule has 0 unspecified atom stereocenters. The molecular weight excluding hydrogens is 549 g/mol. The van der Waals surface area contributed by atoms with Gasteiger partial charge in [0, 0.05) is 57.0 Å². The lowest BCUT2D eigenvalue weighted by Crippen LogP contribution is -1.94. The summed E-state index contributed by atoms with van der Waals surface area (Å²) in [6.45, 7) is 0. The molecule has 0 N–H and O–H groups in total. The minimum absolute atomic E-state index is 0.610. The largest absolute Gasteiger partial charge is 0.192 e. The first-order valence-electron chi connectivity index (χ1n) is 13.6. The van der Waals surface area contributed by atoms with Crippen molar-refractivity contribution in [1.29, 1.82) is 10.5 Å². The Morgan fingerprint density at radius 1 is 0.452 bits per heavy atom. The Morgan fingerprint density at radius 3 is 1.86 bits per heavy atom. The number of rotatable bonds is 3. The molecule has 0 radical (unpaired) electrons. The zero-order valence-electron chi connectivity index (χ0n) is 22.3. The lowest BCUT2D eigenvalue weighted by molar-refractivity contribution is 1.46. The average Bonchev–Trinajstić information content (AvgIpc) is 3.62. The van der Waals surface area contributed by atoms with Gasteiger partial charge < -0.3 is 0 Å². The number of fused-ring (bicyclic) bond motifs is 6. The summed E-state index contributed by atoms with van der Waals surface area (Å²) in [6.07, 6.45) is 0. The third-order valence-corrected chi connectivity index (χ3v) is 10.4. The highest BCUT2D eigenvalue weighted by atomic mass is 32.1. The molecule has 194 valence electrons. The van der Waals surface area contributed by atoms with E-state index in [9.17, 15) is 10.5 Å². The van der Waals surface area contributed by atoms with Crippen LogP contribution >= 0.6 is 22.7 Å². The van der Waals surface area contributed by atoms with Gasteiger partial charge in [0.1, 0.15) is 6.07 Å². The molecule has 0 saturated carbocycles. The molecule has 0 aliphatic rings. The smallest absolute Gasteiger partial charge is 0.100 e. The van der Waals surface area contributed by atoms with Crippen LogP contribution in [0.5, 0.6) is 0 Å². The molecule has 0 bridgehead atoms. The molecular formula is C38H20N2S2. The summed E-state index contributed by atoms with van der Waals surface area (Å²) in [6, 6.07) is 46.6. The van der Waals surface area contributed by atoms with Crippen LogP contribution in [-0.4, -0.2) is 0 Å². The first kappa shape index (κ1) is 24.5. The number of nitrogens with zero attached hydrogens (tertiary/aromatic N) is 2. The Balaban J connectivity index is 1.52. The van der Waals surface area contributed by atoms with Gasteiger partial charge in [0.25, 0.3) is 0 Å². The summed E-state index contributed by atoms with van der Waals surface area (Å²) >= 11 is 3.53. The second kappa shape index (κ2) is 9.68. The van der Waals surface area contributed by atoms with Crippen molar-refractivity contribution in [3.8, 4) is 45.5 Å². The fourth-order valence-electron chi connectivity index (χ4n) is 6.13. The average molecular weight is 569 g/mol. The third-order valence-electron chi connectivity index (χ3n) is 8.00. The van der Waals surface area contributed by atoms with Gasteiger partial charge in [0.2, 0.25) is 0 Å². The first-order chi connectivity index (χ1) is 20.7. The van der Waals surface area contributed by atoms with E-state index in [-0.39, 0.29) is 0 Å². The Bertz CT molecular complexity index is 2450. The van der Waals surface area contributed by atoms with Crippen LogP contribution in [0.1, 0.15) is 11.1 Å². The van der Waals surface area contributed by atoms with Crippen LogP contribution in [0, 0.1) is 22.7 Å². The van der Waals surface area contributed by atoms with Crippen molar-refractivity contribution in [1.82, 2.24) is 0 Å². The number of hydrogen-bond acceptors (Lipinski definition) is 4. The minimum atomic E-state index is 0.610. The van der Waals surface area contributed by atoms with Crippen LogP contribution in [0.3, 0.4) is 0 Å². The van der Waals surface area contributed by atoms with E-state index < -0.39 is 0 Å². The van der Waals surface area contributed by atoms with Gasteiger partial charge in [-0.2, -0.15) is 10.5 Å². The predicted molar refractivity (Wildman–Crippen MR) is 178 cm³/mol. The van der Waals surface area contributed by atoms with E-state index in [0.717, 1.165) is 43.5 Å². The lowest BCUT2D eigenvalue weighted by Gasteiger charge is -2.16. The van der Waals surface area contributed by atoms with Gasteiger partial charge in [-0.05, 0) is 53.1 Å². The summed E-state index contributed by atoms with van der Waals surface area (Å²) in [5, 5.41) is 25.6. The molecule has 2 aromatic heterocycles. The standard InChI is InChI=1S/C38H20N2S2/c39-21-23-9-1-2-10-25(23)24-19-31(27-13-8-18-36-37(27)30-12-4-6-17-35(30)41-36)33(22-40)32(20-24)29-15-7-14-28-26-11-3-5-16-34(26)42-38(28)29/h1-20H. The summed E-state index contributed by atoms with van der Waals surface area (Å²) < 4.78 is 4.79. The van der Waals surface area contributed by atoms with Gasteiger partial charge >= 0.3 is 0 Å². The molecule has 42 heavy (non-hydrogen) atoms. The monoisotopic (exact) mass is 568 g/mol. The normalized spacial score (nSPS) is 11.3. The molecule has 2 nitrogen and oxygen atoms in total. The van der Waals surface area contributed by atoms with E-state index in [1.54, 1.807) is 22.7 Å². The van der Waals surface area contributed by atoms with Crippen LogP contribution < -0.4 is 0 Å². The van der Waals surface area contributed by atoms with Crippen molar-refractivity contribution in [2.24, 2.45) is 0 Å². The maximum Gasteiger partial charge on any atom is 0.100 e. The van der Waals surface area contributed by atoms with Crippen molar-refractivity contribution in [2.75, 3.05) is 0 Å². The number of hydrogen-bond donors (Lipinski definition) is 0. The summed E-state index contributed by atoms with van der Waals surface area (Å²) in [4.78, 5) is 0. The van der Waals surface area contributed by atoms with Crippen LogP contribution in [0.4, 0.5) is 0 Å². The topological polar surface area (TPSA) is 47.6 Å². The van der Waals surface area contributed by atoms with Gasteiger partial charge in [0.15, 0.2) is 0 Å². The Morgan fingerprint density at radius 2 is 1.05 bits per heavy atom. The number of nitriles is 2. The van der Waals surface area contributed by atoms with E-state index in [1.807, 2.05) is 24.3 Å². The lowest BCUT2D eigenvalue weighted by atomic mass is 9.86. The maximum absolute atomic E-state index is 10.8. The SMILES string of the molecule is N#Cc1ccccc1-c1cc(-c2cccc3c2sc2ccccc23)c(C#N)c(-c2cccc3sc4ccccc4c23)c1. The highest BCUT2D eigenvalue weighted by Crippen LogP contribution is 2.46. The Kier molecular flexibility index (Phi) is 5.66. The summed E-state index contributed by atoms with van der Waals surface area (Å²) in [5.74, 6) is 0. The molecule has 0 saturated heterocycles. The van der Waals surface area contributed by atoms with Crippen molar-refractivity contribution in [3.63, 3.8) is 0 Å². The van der Waals surface area contributed by atoms with E-state index in [0.29, 0.717) is 11.1 Å². The van der Waals surface area contributed by atoms with Crippen LogP contribution in [0.15, 0.2) is 121 Å². The molecule has 8 rings (SSSR count). The third kappa shape index (κ3) is 3.67. The molecule has 8 aromatic rings. The molecule has 0 aliphatic heterocycles. The maximum atomic E-state index is 10.8. The number of benzene rings is 6. The number of thiophene rings is 2. The van der Waals surface area contributed by atoms with Crippen molar-refractivity contribution in [2.45, 2.75) is 0 Å². The fourth-order valence-corrected chi connectivity index (χ4v) is 8.50. The molecule has 4 heteroatoms. The predicted octanol–water partition coefficient (Wildman–Crippen LogP) is 11.2. The van der Waals surface area contributed by atoms with E-state index in [2.05, 4.69) is 109 Å². The van der Waals surface area contributed by atoms with Crippen molar-refractivity contribution in [3.05, 3.63) is 132 Å². The summed E-state index contributed by atoms with van der Waals surface area (Å²) in [5.41, 5.74) is 6.85. The van der Waals surface area contributed by atoms with Crippen molar-refractivity contribution >= 4 is 63.0 Å². The van der Waals surface area contributed by atoms with Crippen molar-refractivity contribution < 1.29 is 0 Å². The highest BCUT2D eigenvalue weighted by molar-refractivity contribution is 7.26. The molecule has 6 aromatic carbocycles. The van der Waals surface area contributed by atoms with Crippen LogP contribution in [0.25, 0.3) is 73.7 Å². The van der Waals surface area contributed by atoms with Gasteiger partial charge in [-0.15, -0.1) is 22.7 Å². The second-order valence-electron chi connectivity index (χ2n) is 10.3. The Labute approximate surface area is 250 Å². The molecule has 0 atom stereocenters. The quantitative estimate of drug-likeness (QED) is 0.213. The van der Waals surface area contributed by atoms with Crippen LogP contribution in [0.2, 0.25) is 0 Å². The summed E-state index contributed by atoms with van der Waals surface area (Å²) in [7, 11) is 0. The highest BCUT2D eigenvalue weighted by Gasteiger charge is 2.21. The molecule has 0 fully saturated rings. The molecule has 2 heterocycles. The van der Waals surface area contributed by atoms with Gasteiger partial charge in [-0.3, -0.25) is 0 Å². The molecule has 0 spiro atoms. The second-order valence-corrected chi connectivity index (χ2v) is 12.4. The van der Waals surface area contributed by atoms with E-state index >= 15 is 0 Å². The van der Waals surface area contributed by atoms with Gasteiger partial charge in [0.05, 0.1) is 17.2 Å². The zero-order valence-corrected chi connectivity index (χ0v) is 23.9. The van der Waals surface area contributed by atoms with Crippen LogP contribution in [-0.2, 0) is 0 Å². The van der Waals surface area contributed by atoms with Gasteiger partial charge in [-0.1, -0.05) is 84.9 Å². The fraction of sp³-hybridized carbons (Fsp3) is 0. The minimum Gasteiger partial charge on any atom is -0.192 e. The zero-order chi connectivity index (χ0) is 28.2. The molecule has 0 aliphatic carbocycles. The molecule has 0 amide bonds.